The van der Waals surface area contributed by atoms with Crippen molar-refractivity contribution in [3.63, 3.8) is 0 Å². The molecule has 9 aromatic carbocycles. The van der Waals surface area contributed by atoms with Gasteiger partial charge in [0.15, 0.2) is 5.82 Å². The smallest absolute Gasteiger partial charge is 0.237 e. The lowest BCUT2D eigenvalue weighted by atomic mass is 10.0. The van der Waals surface area contributed by atoms with Gasteiger partial charge >= 0.3 is 0 Å². The van der Waals surface area contributed by atoms with Gasteiger partial charge < -0.3 is 4.40 Å². The molecular formula is C52H29N5. The third-order valence-corrected chi connectivity index (χ3v) is 12.5. The van der Waals surface area contributed by atoms with Crippen molar-refractivity contribution in [3.05, 3.63) is 176 Å². The van der Waals surface area contributed by atoms with E-state index < -0.39 is 0 Å². The maximum atomic E-state index is 5.66. The number of nitrogens with zero attached hydrogens (tertiary/aromatic N) is 5. The minimum absolute atomic E-state index is 0.648. The lowest BCUT2D eigenvalue weighted by Crippen LogP contribution is -2.07. The van der Waals surface area contributed by atoms with E-state index in [1.54, 1.807) is 0 Å². The van der Waals surface area contributed by atoms with Crippen molar-refractivity contribution in [2.75, 3.05) is 0 Å². The Morgan fingerprint density at radius 1 is 0.316 bits per heavy atom. The number of hydrogen-bond donors (Lipinski definition) is 0. The van der Waals surface area contributed by atoms with Gasteiger partial charge in [-0.05, 0) is 76.1 Å². The third-order valence-electron chi connectivity index (χ3n) is 12.5. The van der Waals surface area contributed by atoms with E-state index in [1.807, 2.05) is 0 Å². The zero-order valence-electron chi connectivity index (χ0n) is 30.5. The van der Waals surface area contributed by atoms with Gasteiger partial charge in [0.1, 0.15) is 0 Å². The molecule has 0 amide bonds. The standard InChI is InChI=1S/C52H29N5/c1-2-15-32-28-45-39(27-31(32)14-1)49-48-37-20-8-11-23-42(37)56(46(48)29-38-34-17-6-10-22-41(34)55(45)50(38)49)51-35-18-5-9-21-40(35)53-52(54-51)57-43-24-12-7-19-36(43)47-33-16-4-3-13-30(33)25-26-44(47)57/h1-29H. The summed E-state index contributed by atoms with van der Waals surface area (Å²) in [6.07, 6.45) is 0. The molecule has 5 heteroatoms. The quantitative estimate of drug-likeness (QED) is 0.178. The molecule has 0 aliphatic carbocycles. The van der Waals surface area contributed by atoms with Crippen LogP contribution in [0.2, 0.25) is 0 Å². The first-order valence-electron chi connectivity index (χ1n) is 19.5. The fourth-order valence-corrected chi connectivity index (χ4v) is 10.2. The topological polar surface area (TPSA) is 40.0 Å². The SMILES string of the molecule is c1ccc2cc3c(cc2c1)c1c2c4ccccc4n(-c4nc(-n5c6ccccc6c6c7ccccc7ccc65)nc5ccccc45)c2cc2c4ccccc4n3c21. The Morgan fingerprint density at radius 2 is 0.930 bits per heavy atom. The van der Waals surface area contributed by atoms with E-state index in [-0.39, 0.29) is 0 Å². The monoisotopic (exact) mass is 723 g/mol. The maximum absolute atomic E-state index is 5.66. The van der Waals surface area contributed by atoms with Gasteiger partial charge in [-0.25, -0.2) is 4.98 Å². The summed E-state index contributed by atoms with van der Waals surface area (Å²) in [6.45, 7) is 0. The predicted octanol–water partition coefficient (Wildman–Crippen LogP) is 13.3. The van der Waals surface area contributed by atoms with Crippen molar-refractivity contribution in [1.82, 2.24) is 23.5 Å². The highest BCUT2D eigenvalue weighted by Crippen LogP contribution is 2.48. The van der Waals surface area contributed by atoms with Crippen LogP contribution in [0.3, 0.4) is 0 Å². The summed E-state index contributed by atoms with van der Waals surface area (Å²) in [6, 6.07) is 63.8. The van der Waals surface area contributed by atoms with Gasteiger partial charge in [-0.1, -0.05) is 121 Å². The van der Waals surface area contributed by atoms with E-state index in [0.29, 0.717) is 5.95 Å². The molecule has 0 fully saturated rings. The summed E-state index contributed by atoms with van der Waals surface area (Å²) < 4.78 is 7.16. The molecule has 0 radical (unpaired) electrons. The number of rotatable bonds is 2. The molecule has 14 rings (SSSR count). The lowest BCUT2D eigenvalue weighted by molar-refractivity contribution is 0.973. The van der Waals surface area contributed by atoms with Crippen LogP contribution in [-0.2, 0) is 0 Å². The molecule has 5 nitrogen and oxygen atoms in total. The van der Waals surface area contributed by atoms with Gasteiger partial charge in [-0.2, -0.15) is 4.98 Å². The molecule has 0 saturated heterocycles. The van der Waals surface area contributed by atoms with Crippen LogP contribution in [0.25, 0.3) is 126 Å². The van der Waals surface area contributed by atoms with E-state index in [4.69, 9.17) is 9.97 Å². The van der Waals surface area contributed by atoms with E-state index in [1.165, 1.54) is 81.2 Å². The Balaban J connectivity index is 1.18. The van der Waals surface area contributed by atoms with Crippen LogP contribution < -0.4 is 0 Å². The largest absolute Gasteiger partial charge is 0.308 e. The second kappa shape index (κ2) is 10.5. The molecule has 0 atom stereocenters. The van der Waals surface area contributed by atoms with Crippen LogP contribution in [0.5, 0.6) is 0 Å². The first kappa shape index (κ1) is 29.6. The average Bonchev–Trinajstić information content (AvgIpc) is 3.99. The molecule has 0 spiro atoms. The highest BCUT2D eigenvalue weighted by molar-refractivity contribution is 6.36. The van der Waals surface area contributed by atoms with Crippen LogP contribution in [0, 0.1) is 0 Å². The normalized spacial score (nSPS) is 12.6. The first-order valence-corrected chi connectivity index (χ1v) is 19.5. The van der Waals surface area contributed by atoms with Crippen molar-refractivity contribution in [1.29, 1.82) is 0 Å². The molecular weight excluding hydrogens is 695 g/mol. The van der Waals surface area contributed by atoms with E-state index in [2.05, 4.69) is 189 Å². The lowest BCUT2D eigenvalue weighted by Gasteiger charge is -2.14. The molecule has 0 saturated carbocycles. The molecule has 5 aromatic heterocycles. The summed E-state index contributed by atoms with van der Waals surface area (Å²) in [5.41, 5.74) is 9.03. The van der Waals surface area contributed by atoms with E-state index >= 15 is 0 Å². The van der Waals surface area contributed by atoms with Crippen molar-refractivity contribution in [3.8, 4) is 11.8 Å². The van der Waals surface area contributed by atoms with Gasteiger partial charge in [0.2, 0.25) is 5.95 Å². The van der Waals surface area contributed by atoms with Crippen LogP contribution in [-0.4, -0.2) is 23.5 Å². The number of para-hydroxylation sites is 4. The van der Waals surface area contributed by atoms with Gasteiger partial charge in [-0.3, -0.25) is 9.13 Å². The van der Waals surface area contributed by atoms with Crippen molar-refractivity contribution >= 4 is 114 Å². The molecule has 262 valence electrons. The number of fused-ring (bicyclic) bond motifs is 17. The molecule has 0 bridgehead atoms. The molecule has 0 aliphatic heterocycles. The average molecular weight is 724 g/mol. The predicted molar refractivity (Wildman–Crippen MR) is 238 cm³/mol. The minimum Gasteiger partial charge on any atom is -0.308 e. The molecule has 14 aromatic rings. The Morgan fingerprint density at radius 3 is 1.74 bits per heavy atom. The molecule has 57 heavy (non-hydrogen) atoms. The molecule has 0 N–H and O–H groups in total. The minimum atomic E-state index is 0.648. The second-order valence-corrected chi connectivity index (χ2v) is 15.4. The number of aromatic nitrogens is 5. The van der Waals surface area contributed by atoms with E-state index in [9.17, 15) is 0 Å². The fourth-order valence-electron chi connectivity index (χ4n) is 10.2. The van der Waals surface area contributed by atoms with Crippen molar-refractivity contribution in [2.45, 2.75) is 0 Å². The van der Waals surface area contributed by atoms with Crippen molar-refractivity contribution < 1.29 is 0 Å². The zero-order valence-corrected chi connectivity index (χ0v) is 30.5. The highest BCUT2D eigenvalue weighted by Gasteiger charge is 2.26. The van der Waals surface area contributed by atoms with Gasteiger partial charge in [0.05, 0.1) is 44.1 Å². The van der Waals surface area contributed by atoms with E-state index in [0.717, 1.165) is 38.8 Å². The van der Waals surface area contributed by atoms with Gasteiger partial charge in [0.25, 0.3) is 0 Å². The van der Waals surface area contributed by atoms with Crippen LogP contribution in [0.1, 0.15) is 0 Å². The highest BCUT2D eigenvalue weighted by atomic mass is 15.2. The second-order valence-electron chi connectivity index (χ2n) is 15.4. The fraction of sp³-hybridized carbons (Fsp3) is 0. The Hall–Kier alpha value is -7.76. The molecule has 0 unspecified atom stereocenters. The van der Waals surface area contributed by atoms with Gasteiger partial charge in [0, 0.05) is 48.5 Å². The summed E-state index contributed by atoms with van der Waals surface area (Å²) >= 11 is 0. The van der Waals surface area contributed by atoms with Crippen LogP contribution in [0.4, 0.5) is 0 Å². The van der Waals surface area contributed by atoms with Crippen molar-refractivity contribution in [2.24, 2.45) is 0 Å². The summed E-state index contributed by atoms with van der Waals surface area (Å²) in [5, 5.41) is 15.8. The Bertz CT molecular complexity index is 4050. The Kier molecular flexibility index (Phi) is 5.45. The molecule has 0 aliphatic rings. The summed E-state index contributed by atoms with van der Waals surface area (Å²) in [4.78, 5) is 11.0. The number of hydrogen-bond acceptors (Lipinski definition) is 2. The van der Waals surface area contributed by atoms with Crippen LogP contribution in [0.15, 0.2) is 176 Å². The summed E-state index contributed by atoms with van der Waals surface area (Å²) in [5.74, 6) is 1.51. The first-order chi connectivity index (χ1) is 28.3. The molecule has 5 heterocycles. The maximum Gasteiger partial charge on any atom is 0.237 e. The van der Waals surface area contributed by atoms with Gasteiger partial charge in [-0.15, -0.1) is 0 Å². The summed E-state index contributed by atoms with van der Waals surface area (Å²) in [7, 11) is 0. The zero-order chi connectivity index (χ0) is 36.9. The number of benzene rings is 9. The van der Waals surface area contributed by atoms with Crippen LogP contribution >= 0.6 is 0 Å². The third kappa shape index (κ3) is 3.69. The Labute approximate surface area is 324 Å².